The molecular formula is C29H33Cl2FN2O5. The number of carbonyl (C=O) groups excluding carboxylic acids is 3. The number of hydrogen-bond acceptors (Lipinski definition) is 6. The third-order valence-electron chi connectivity index (χ3n) is 7.21. The Labute approximate surface area is 237 Å². The van der Waals surface area contributed by atoms with Gasteiger partial charge in [-0.15, -0.1) is 0 Å². The lowest BCUT2D eigenvalue weighted by Crippen LogP contribution is -2.50. The van der Waals surface area contributed by atoms with Crippen molar-refractivity contribution in [2.24, 2.45) is 5.41 Å². The second kappa shape index (κ2) is 10.4. The van der Waals surface area contributed by atoms with Gasteiger partial charge in [0.1, 0.15) is 22.9 Å². The number of hydrogen-bond donors (Lipinski definition) is 2. The number of nitrogens with one attached hydrogen (secondary N) is 2. The average Bonchev–Trinajstić information content (AvgIpc) is 3.28. The number of carbonyl (C=O) groups is 3. The molecular weight excluding hydrogens is 546 g/mol. The van der Waals surface area contributed by atoms with Gasteiger partial charge in [-0.2, -0.15) is 0 Å². The first-order valence-corrected chi connectivity index (χ1v) is 13.5. The van der Waals surface area contributed by atoms with E-state index in [1.807, 2.05) is 13.8 Å². The van der Waals surface area contributed by atoms with Crippen LogP contribution in [0.5, 0.6) is 0 Å². The topological polar surface area (TPSA) is 93.7 Å². The summed E-state index contributed by atoms with van der Waals surface area (Å²) >= 11 is 12.5. The number of anilines is 1. The van der Waals surface area contributed by atoms with Gasteiger partial charge in [0.25, 0.3) is 0 Å². The molecule has 0 saturated carbocycles. The van der Waals surface area contributed by atoms with Crippen LogP contribution in [0.4, 0.5) is 10.1 Å². The van der Waals surface area contributed by atoms with Gasteiger partial charge in [-0.1, -0.05) is 55.2 Å². The Morgan fingerprint density at radius 1 is 1.10 bits per heavy atom. The molecule has 0 bridgehead atoms. The second-order valence-corrected chi connectivity index (χ2v) is 12.9. The highest BCUT2D eigenvalue weighted by molar-refractivity contribution is 6.31. The van der Waals surface area contributed by atoms with E-state index in [9.17, 15) is 14.4 Å². The Hall–Kier alpha value is -2.68. The standard InChI is InChI=1S/C29H33Cl2FN2O5/c1-15(35)38-14-28(5,6)13-21-29(18-11-10-16(30)12-20(18)33-26(29)37)22(17-8-7-9-19(31)23(17)32)24(34-21)25(36)39-27(2,3)4/h7-12,21-22,24,34H,13-14H2,1-6H3,(H,33,37)/t21-,22-,24+,29+/m0/s1. The summed E-state index contributed by atoms with van der Waals surface area (Å²) in [6.07, 6.45) is 0.299. The number of ether oxygens (including phenoxy) is 2. The molecule has 1 saturated heterocycles. The van der Waals surface area contributed by atoms with E-state index >= 15 is 4.39 Å². The molecule has 1 spiro atoms. The molecule has 2 aliphatic rings. The average molecular weight is 579 g/mol. The van der Waals surface area contributed by atoms with Crippen molar-refractivity contribution in [1.82, 2.24) is 5.32 Å². The Morgan fingerprint density at radius 2 is 1.79 bits per heavy atom. The molecule has 1 amide bonds. The smallest absolute Gasteiger partial charge is 0.324 e. The predicted octanol–water partition coefficient (Wildman–Crippen LogP) is 5.77. The fourth-order valence-electron chi connectivity index (χ4n) is 5.79. The van der Waals surface area contributed by atoms with Crippen molar-refractivity contribution in [3.8, 4) is 0 Å². The van der Waals surface area contributed by atoms with Crippen LogP contribution in [0.25, 0.3) is 0 Å². The number of benzene rings is 2. The predicted molar refractivity (Wildman–Crippen MR) is 147 cm³/mol. The van der Waals surface area contributed by atoms with Gasteiger partial charge in [-0.3, -0.25) is 19.7 Å². The largest absolute Gasteiger partial charge is 0.465 e. The molecule has 2 N–H and O–H groups in total. The highest BCUT2D eigenvalue weighted by Crippen LogP contribution is 2.57. The van der Waals surface area contributed by atoms with Crippen LogP contribution < -0.4 is 10.6 Å². The zero-order valence-electron chi connectivity index (χ0n) is 22.8. The zero-order chi connectivity index (χ0) is 28.9. The van der Waals surface area contributed by atoms with Gasteiger partial charge in [-0.25, -0.2) is 4.39 Å². The number of fused-ring (bicyclic) bond motifs is 2. The maximum atomic E-state index is 15.8. The van der Waals surface area contributed by atoms with Gasteiger partial charge < -0.3 is 14.8 Å². The Balaban J connectivity index is 1.96. The maximum absolute atomic E-state index is 15.8. The lowest BCUT2D eigenvalue weighted by atomic mass is 9.62. The second-order valence-electron chi connectivity index (χ2n) is 12.0. The van der Waals surface area contributed by atoms with E-state index in [2.05, 4.69) is 10.6 Å². The lowest BCUT2D eigenvalue weighted by molar-refractivity contribution is -0.157. The number of amides is 1. The molecule has 4 atom stereocenters. The van der Waals surface area contributed by atoms with Crippen LogP contribution in [0.15, 0.2) is 36.4 Å². The van der Waals surface area contributed by atoms with E-state index in [-0.39, 0.29) is 17.2 Å². The third kappa shape index (κ3) is 5.52. The molecule has 2 aromatic rings. The molecule has 210 valence electrons. The minimum atomic E-state index is -1.44. The van der Waals surface area contributed by atoms with Crippen LogP contribution in [0.2, 0.25) is 10.0 Å². The molecule has 1 fully saturated rings. The van der Waals surface area contributed by atoms with Crippen molar-refractivity contribution < 1.29 is 28.2 Å². The number of halogens is 3. The first-order valence-electron chi connectivity index (χ1n) is 12.7. The molecule has 2 aromatic carbocycles. The van der Waals surface area contributed by atoms with Gasteiger partial charge in [-0.05, 0) is 56.5 Å². The van der Waals surface area contributed by atoms with Gasteiger partial charge in [0.15, 0.2) is 0 Å². The monoisotopic (exact) mass is 578 g/mol. The molecule has 0 aliphatic carbocycles. The Kier molecular flexibility index (Phi) is 7.80. The highest BCUT2D eigenvalue weighted by Gasteiger charge is 2.67. The summed E-state index contributed by atoms with van der Waals surface area (Å²) in [6, 6.07) is 7.79. The van der Waals surface area contributed by atoms with E-state index in [0.29, 0.717) is 22.7 Å². The summed E-state index contributed by atoms with van der Waals surface area (Å²) in [5, 5.41) is 6.56. The molecule has 4 rings (SSSR count). The van der Waals surface area contributed by atoms with Crippen LogP contribution in [-0.2, 0) is 29.3 Å². The van der Waals surface area contributed by atoms with Gasteiger partial charge in [0.05, 0.1) is 11.6 Å². The SMILES string of the molecule is CC(=O)OCC(C)(C)C[C@@H]1N[C@@H](C(=O)OC(C)(C)C)[C@H](c2cccc(Cl)c2F)[C@]12C(=O)Nc1cc(Cl)ccc12. The molecule has 2 heterocycles. The molecule has 0 aromatic heterocycles. The van der Waals surface area contributed by atoms with Crippen molar-refractivity contribution in [2.45, 2.75) is 77.0 Å². The van der Waals surface area contributed by atoms with Crippen molar-refractivity contribution in [3.63, 3.8) is 0 Å². The van der Waals surface area contributed by atoms with Crippen molar-refractivity contribution in [1.29, 1.82) is 0 Å². The molecule has 2 aliphatic heterocycles. The van der Waals surface area contributed by atoms with E-state index in [0.717, 1.165) is 0 Å². The van der Waals surface area contributed by atoms with Crippen molar-refractivity contribution in [3.05, 3.63) is 63.4 Å². The van der Waals surface area contributed by atoms with Crippen LogP contribution in [0.3, 0.4) is 0 Å². The van der Waals surface area contributed by atoms with Gasteiger partial charge >= 0.3 is 11.9 Å². The summed E-state index contributed by atoms with van der Waals surface area (Å²) in [7, 11) is 0. The quantitative estimate of drug-likeness (QED) is 0.423. The normalized spacial score (nSPS) is 24.4. The van der Waals surface area contributed by atoms with Crippen LogP contribution >= 0.6 is 23.2 Å². The summed E-state index contributed by atoms with van der Waals surface area (Å²) in [5.41, 5.74) is -1.72. The Bertz CT molecular complexity index is 1330. The Morgan fingerprint density at radius 3 is 2.44 bits per heavy atom. The fraction of sp³-hybridized carbons (Fsp3) is 0.483. The van der Waals surface area contributed by atoms with Crippen LogP contribution in [0.1, 0.15) is 65.0 Å². The van der Waals surface area contributed by atoms with Crippen molar-refractivity contribution >= 4 is 46.7 Å². The minimum absolute atomic E-state index is 0.0823. The molecule has 39 heavy (non-hydrogen) atoms. The van der Waals surface area contributed by atoms with Gasteiger partial charge in [0, 0.05) is 35.0 Å². The maximum Gasteiger partial charge on any atom is 0.324 e. The number of esters is 2. The summed E-state index contributed by atoms with van der Waals surface area (Å²) in [4.78, 5) is 39.5. The van der Waals surface area contributed by atoms with Crippen molar-refractivity contribution in [2.75, 3.05) is 11.9 Å². The van der Waals surface area contributed by atoms with Crippen LogP contribution in [0, 0.1) is 11.2 Å². The molecule has 10 heteroatoms. The summed E-state index contributed by atoms with van der Waals surface area (Å²) in [6.45, 7) is 10.4. The van der Waals surface area contributed by atoms with Crippen LogP contribution in [-0.4, -0.2) is 42.1 Å². The summed E-state index contributed by atoms with van der Waals surface area (Å²) in [5.74, 6) is -3.20. The first kappa shape index (κ1) is 29.3. The highest BCUT2D eigenvalue weighted by atomic mass is 35.5. The zero-order valence-corrected chi connectivity index (χ0v) is 24.3. The van der Waals surface area contributed by atoms with E-state index in [4.69, 9.17) is 32.7 Å². The van der Waals surface area contributed by atoms with Gasteiger partial charge in [0.2, 0.25) is 5.91 Å². The van der Waals surface area contributed by atoms with E-state index in [1.165, 1.54) is 13.0 Å². The third-order valence-corrected chi connectivity index (χ3v) is 7.73. The fourth-order valence-corrected chi connectivity index (χ4v) is 6.14. The molecule has 0 radical (unpaired) electrons. The van der Waals surface area contributed by atoms with E-state index < -0.39 is 58.1 Å². The minimum Gasteiger partial charge on any atom is -0.465 e. The number of rotatable bonds is 6. The lowest BCUT2D eigenvalue weighted by Gasteiger charge is -2.38. The first-order chi connectivity index (χ1) is 18.1. The molecule has 0 unspecified atom stereocenters. The summed E-state index contributed by atoms with van der Waals surface area (Å²) < 4.78 is 26.9. The molecule has 7 nitrogen and oxygen atoms in total. The van der Waals surface area contributed by atoms with E-state index in [1.54, 1.807) is 51.1 Å².